The van der Waals surface area contributed by atoms with Crippen LogP contribution < -0.4 is 0 Å². The predicted molar refractivity (Wildman–Crippen MR) is 15.9 cm³/mol. The topological polar surface area (TPSA) is 0 Å². The molecule has 0 N–H and O–H groups in total. The molecule has 0 bridgehead atoms. The molecule has 0 rings (SSSR count). The van der Waals surface area contributed by atoms with E-state index in [9.17, 15) is 0 Å². The second kappa shape index (κ2) is 9.01. The minimum Gasteiger partial charge on any atom is -0.103 e. The molecule has 0 amide bonds. The third-order valence-electron chi connectivity index (χ3n) is 0. The van der Waals surface area contributed by atoms with Gasteiger partial charge in [-0.2, -0.15) is 0 Å². The third kappa shape index (κ3) is 12.1. The molecule has 0 radical (unpaired) electrons. The molecule has 0 aromatic carbocycles. The summed E-state index contributed by atoms with van der Waals surface area (Å²) in [6.45, 7) is 5.25. The zero-order valence-electron chi connectivity index (χ0n) is 2.57. The van der Waals surface area contributed by atoms with Crippen LogP contribution in [0.25, 0.3) is 0 Å². The van der Waals surface area contributed by atoms with Gasteiger partial charge in [0.2, 0.25) is 0 Å². The molecular formula is C3H6Er. The molecule has 30 valence electrons. The molecule has 0 aliphatic rings. The summed E-state index contributed by atoms with van der Waals surface area (Å²) in [5.41, 5.74) is 0. The van der Waals surface area contributed by atoms with Crippen LogP contribution in [0.1, 0.15) is 6.92 Å². The van der Waals surface area contributed by atoms with Crippen molar-refractivity contribution in [2.45, 2.75) is 6.92 Å². The van der Waals surface area contributed by atoms with E-state index < -0.39 is 0 Å². The Morgan fingerprint density at radius 2 is 1.75 bits per heavy atom. The van der Waals surface area contributed by atoms with Crippen molar-refractivity contribution >= 4 is 0 Å². The van der Waals surface area contributed by atoms with Crippen LogP contribution in [0.15, 0.2) is 12.7 Å². The van der Waals surface area contributed by atoms with E-state index in [1.54, 1.807) is 6.08 Å². The molecule has 1 heteroatoms. The quantitative estimate of drug-likeness (QED) is 0.526. The maximum absolute atomic E-state index is 3.36. The Balaban J connectivity index is 0. The smallest absolute Gasteiger partial charge is 0 e. The van der Waals surface area contributed by atoms with Crippen molar-refractivity contribution in [1.29, 1.82) is 0 Å². The first-order valence-corrected chi connectivity index (χ1v) is 0.986. The van der Waals surface area contributed by atoms with Crippen molar-refractivity contribution < 1.29 is 37.3 Å². The van der Waals surface area contributed by atoms with Gasteiger partial charge in [0.05, 0.1) is 0 Å². The second-order valence-corrected chi connectivity index (χ2v) is 0.408. The van der Waals surface area contributed by atoms with Gasteiger partial charge in [-0.25, -0.2) is 0 Å². The fraction of sp³-hybridized carbons (Fsp3) is 0.333. The van der Waals surface area contributed by atoms with E-state index in [0.717, 1.165) is 0 Å². The average molecular weight is 209 g/mol. The molecule has 0 aliphatic heterocycles. The number of hydrogen-bond acceptors (Lipinski definition) is 0. The van der Waals surface area contributed by atoms with Gasteiger partial charge in [-0.15, -0.1) is 6.58 Å². The maximum Gasteiger partial charge on any atom is 0 e. The van der Waals surface area contributed by atoms with Gasteiger partial charge in [-0.05, 0) is 6.92 Å². The summed E-state index contributed by atoms with van der Waals surface area (Å²) in [4.78, 5) is 0. The van der Waals surface area contributed by atoms with E-state index in [1.807, 2.05) is 6.92 Å². The zero-order valence-corrected chi connectivity index (χ0v) is 4.43. The number of hydrogen-bond donors (Lipinski definition) is 0. The van der Waals surface area contributed by atoms with E-state index in [2.05, 4.69) is 6.58 Å². The van der Waals surface area contributed by atoms with Crippen molar-refractivity contribution in [1.82, 2.24) is 0 Å². The predicted octanol–water partition coefficient (Wildman–Crippen LogP) is 1.19. The van der Waals surface area contributed by atoms with Gasteiger partial charge in [0.1, 0.15) is 0 Å². The molecule has 0 aliphatic carbocycles. The van der Waals surface area contributed by atoms with Gasteiger partial charge < -0.3 is 0 Å². The summed E-state index contributed by atoms with van der Waals surface area (Å²) in [5.74, 6) is 0. The summed E-state index contributed by atoms with van der Waals surface area (Å²) in [6.07, 6.45) is 1.75. The Morgan fingerprint density at radius 1 is 1.75 bits per heavy atom. The van der Waals surface area contributed by atoms with Crippen LogP contribution >= 0.6 is 0 Å². The van der Waals surface area contributed by atoms with Crippen molar-refractivity contribution in [2.24, 2.45) is 0 Å². The molecule has 0 aromatic rings. The first-order valence-electron chi connectivity index (χ1n) is 0.986. The first-order chi connectivity index (χ1) is 1.41. The van der Waals surface area contributed by atoms with Gasteiger partial charge in [0, 0.05) is 37.3 Å². The van der Waals surface area contributed by atoms with E-state index in [4.69, 9.17) is 0 Å². The molecule has 0 saturated heterocycles. The van der Waals surface area contributed by atoms with E-state index in [0.29, 0.717) is 0 Å². The van der Waals surface area contributed by atoms with Crippen LogP contribution in [0, 0.1) is 37.3 Å². The molecule has 0 nitrogen and oxygen atoms in total. The standard InChI is InChI=1S/C3H6.Er/c1-3-2;/h3H,1H2,2H3;. The Hall–Kier alpha value is 0.987. The summed E-state index contributed by atoms with van der Waals surface area (Å²) >= 11 is 0. The Morgan fingerprint density at radius 3 is 1.75 bits per heavy atom. The van der Waals surface area contributed by atoms with Crippen molar-refractivity contribution in [2.75, 3.05) is 0 Å². The van der Waals surface area contributed by atoms with Crippen LogP contribution in [0.3, 0.4) is 0 Å². The van der Waals surface area contributed by atoms with Gasteiger partial charge in [0.15, 0.2) is 0 Å². The molecule has 0 aromatic heterocycles. The Labute approximate surface area is 56.5 Å². The van der Waals surface area contributed by atoms with E-state index >= 15 is 0 Å². The number of rotatable bonds is 0. The minimum absolute atomic E-state index is 0. The van der Waals surface area contributed by atoms with Gasteiger partial charge in [-0.3, -0.25) is 0 Å². The van der Waals surface area contributed by atoms with Crippen LogP contribution in [0.4, 0.5) is 0 Å². The van der Waals surface area contributed by atoms with Crippen LogP contribution in [-0.2, 0) is 0 Å². The largest absolute Gasteiger partial charge is 0.103 e. The summed E-state index contributed by atoms with van der Waals surface area (Å²) in [5, 5.41) is 0. The summed E-state index contributed by atoms with van der Waals surface area (Å²) < 4.78 is 0. The van der Waals surface area contributed by atoms with Gasteiger partial charge in [-0.1, -0.05) is 6.08 Å². The van der Waals surface area contributed by atoms with E-state index in [-0.39, 0.29) is 37.3 Å². The van der Waals surface area contributed by atoms with Crippen molar-refractivity contribution in [3.63, 3.8) is 0 Å². The number of allylic oxidation sites excluding steroid dienone is 1. The van der Waals surface area contributed by atoms with Gasteiger partial charge >= 0.3 is 0 Å². The molecule has 4 heavy (non-hydrogen) atoms. The van der Waals surface area contributed by atoms with Crippen LogP contribution in [-0.4, -0.2) is 0 Å². The fourth-order valence-corrected chi connectivity index (χ4v) is 0. The normalized spacial score (nSPS) is 3.25. The second-order valence-electron chi connectivity index (χ2n) is 0.408. The molecule has 0 fully saturated rings. The van der Waals surface area contributed by atoms with Crippen molar-refractivity contribution in [3.05, 3.63) is 12.7 Å². The monoisotopic (exact) mass is 208 g/mol. The summed E-state index contributed by atoms with van der Waals surface area (Å²) in [7, 11) is 0. The zero-order chi connectivity index (χ0) is 2.71. The molecule has 0 spiro atoms. The maximum atomic E-state index is 3.36. The van der Waals surface area contributed by atoms with Crippen LogP contribution in [0.5, 0.6) is 0 Å². The molecule has 0 heterocycles. The summed E-state index contributed by atoms with van der Waals surface area (Å²) in [6, 6.07) is 0. The van der Waals surface area contributed by atoms with Crippen molar-refractivity contribution in [3.8, 4) is 0 Å². The molecular weight excluding hydrogens is 203 g/mol. The minimum atomic E-state index is 0. The van der Waals surface area contributed by atoms with Gasteiger partial charge in [0.25, 0.3) is 0 Å². The molecule has 0 saturated carbocycles. The Kier molecular flexibility index (Phi) is 20.0. The van der Waals surface area contributed by atoms with E-state index in [1.165, 1.54) is 0 Å². The fourth-order valence-electron chi connectivity index (χ4n) is 0. The third-order valence-corrected chi connectivity index (χ3v) is 0. The van der Waals surface area contributed by atoms with Crippen LogP contribution in [0.2, 0.25) is 0 Å². The molecule has 0 atom stereocenters. The Bertz CT molecular complexity index is 10.8. The first kappa shape index (κ1) is 8.89. The SMILES string of the molecule is C=CC.[Er]. The molecule has 0 unspecified atom stereocenters. The average Bonchev–Trinajstić information content (AvgIpc) is 0.918.